The van der Waals surface area contributed by atoms with Gasteiger partial charge in [-0.2, -0.15) is 0 Å². The average molecular weight is 767 g/mol. The Morgan fingerprint density at radius 1 is 0.815 bits per heavy atom. The fourth-order valence-electron chi connectivity index (χ4n) is 13.4. The average Bonchev–Trinajstić information content (AvgIpc) is 3.12. The van der Waals surface area contributed by atoms with E-state index in [0.29, 0.717) is 31.6 Å². The Morgan fingerprint density at radius 3 is 2.19 bits per heavy atom. The van der Waals surface area contributed by atoms with Gasteiger partial charge < -0.3 is 59.8 Å². The molecule has 308 valence electrons. The monoisotopic (exact) mass is 766 g/mol. The summed E-state index contributed by atoms with van der Waals surface area (Å²) in [6.45, 7) is 13.1. The summed E-state index contributed by atoms with van der Waals surface area (Å²) in [6.07, 6.45) is -2.94. The van der Waals surface area contributed by atoms with E-state index in [-0.39, 0.29) is 58.2 Å². The third kappa shape index (κ3) is 5.92. The summed E-state index contributed by atoms with van der Waals surface area (Å²) in [6, 6.07) is 0. The zero-order valence-electron chi connectivity index (χ0n) is 32.9. The van der Waals surface area contributed by atoms with E-state index in [1.807, 2.05) is 0 Å². The number of fused-ring (bicyclic) bond motifs is 7. The second-order valence-corrected chi connectivity index (χ2v) is 20.0. The number of carboxylic acids is 1. The van der Waals surface area contributed by atoms with Gasteiger partial charge in [0.1, 0.15) is 42.7 Å². The molecule has 13 heteroatoms. The summed E-state index contributed by atoms with van der Waals surface area (Å²) >= 11 is 0. The van der Waals surface area contributed by atoms with Crippen LogP contribution in [-0.4, -0.2) is 128 Å². The highest BCUT2D eigenvalue weighted by Gasteiger charge is 2.70. The number of hydrogen-bond acceptors (Lipinski definition) is 12. The molecule has 7 aliphatic rings. The van der Waals surface area contributed by atoms with Gasteiger partial charge in [0, 0.05) is 6.61 Å². The molecular weight excluding hydrogens is 700 g/mol. The van der Waals surface area contributed by atoms with Crippen LogP contribution < -0.4 is 0 Å². The highest BCUT2D eigenvalue weighted by molar-refractivity contribution is 5.76. The lowest BCUT2D eigenvalue weighted by Crippen LogP contribution is -2.66. The number of rotatable bonds is 7. The van der Waals surface area contributed by atoms with Crippen molar-refractivity contribution >= 4 is 5.97 Å². The minimum Gasteiger partial charge on any atom is -0.481 e. The molecule has 2 aliphatic heterocycles. The van der Waals surface area contributed by atoms with Gasteiger partial charge in [-0.25, -0.2) is 0 Å². The van der Waals surface area contributed by atoms with E-state index in [0.717, 1.165) is 38.5 Å². The van der Waals surface area contributed by atoms with E-state index in [2.05, 4.69) is 47.6 Å². The van der Waals surface area contributed by atoms with Crippen molar-refractivity contribution in [3.63, 3.8) is 0 Å². The molecule has 5 aliphatic carbocycles. The molecule has 0 aromatic rings. The van der Waals surface area contributed by atoms with Crippen LogP contribution in [0.2, 0.25) is 0 Å². The Hall–Kier alpha value is -1.23. The minimum atomic E-state index is -1.70. The first-order chi connectivity index (χ1) is 25.2. The molecule has 0 aromatic carbocycles. The molecular formula is C41H66O13. The number of aliphatic carboxylic acids is 1. The standard InChI is InChI=1S/C41H66O13/c1-36(2)25-9-12-40(6)26(8-7-21-22-17-37(3,20-43)13-15-41(22,35(49)50)16-14-39(21,40)5)38(25,4)11-10-27(36)53-34-32(28(45)23(44)19-51-34)54-33-31(48)30(47)29(46)24(18-42)52-33/h7,22-34,42-48H,8-20H2,1-6H3,(H,49,50)/t22-,23-,24+,25-,26+,27-,28-,29+,30-,31+,32+,33-,34-,37+,38-,39+,40+,41-/m0/s1. The fourth-order valence-corrected chi connectivity index (χ4v) is 13.4. The third-order valence-corrected chi connectivity index (χ3v) is 17.1. The lowest BCUT2D eigenvalue weighted by atomic mass is 9.33. The molecule has 4 saturated carbocycles. The van der Waals surface area contributed by atoms with E-state index in [4.69, 9.17) is 18.9 Å². The van der Waals surface area contributed by atoms with Crippen molar-refractivity contribution in [3.8, 4) is 0 Å². The molecule has 2 heterocycles. The topological polar surface area (TPSA) is 216 Å². The largest absolute Gasteiger partial charge is 0.481 e. The summed E-state index contributed by atoms with van der Waals surface area (Å²) in [4.78, 5) is 13.1. The number of ether oxygens (including phenoxy) is 4. The van der Waals surface area contributed by atoms with Gasteiger partial charge in [0.2, 0.25) is 0 Å². The number of allylic oxidation sites excluding steroid dienone is 2. The molecule has 0 radical (unpaired) electrons. The first-order valence-electron chi connectivity index (χ1n) is 20.4. The Labute approximate surface area is 319 Å². The highest BCUT2D eigenvalue weighted by atomic mass is 16.8. The van der Waals surface area contributed by atoms with Gasteiger partial charge in [-0.3, -0.25) is 4.79 Å². The number of hydrogen-bond donors (Lipinski definition) is 8. The van der Waals surface area contributed by atoms with Crippen molar-refractivity contribution in [3.05, 3.63) is 11.6 Å². The first kappa shape index (κ1) is 40.9. The van der Waals surface area contributed by atoms with Gasteiger partial charge in [-0.05, 0) is 109 Å². The molecule has 18 atom stereocenters. The van der Waals surface area contributed by atoms with Gasteiger partial charge in [-0.1, -0.05) is 53.2 Å². The van der Waals surface area contributed by atoms with E-state index >= 15 is 0 Å². The molecule has 0 unspecified atom stereocenters. The van der Waals surface area contributed by atoms with Crippen molar-refractivity contribution in [1.82, 2.24) is 0 Å². The van der Waals surface area contributed by atoms with Gasteiger partial charge in [0.25, 0.3) is 0 Å². The van der Waals surface area contributed by atoms with Crippen molar-refractivity contribution in [1.29, 1.82) is 0 Å². The van der Waals surface area contributed by atoms with E-state index in [1.165, 1.54) is 5.57 Å². The summed E-state index contributed by atoms with van der Waals surface area (Å²) in [5, 5.41) is 83.8. The van der Waals surface area contributed by atoms with Gasteiger partial charge in [0.05, 0.1) is 24.7 Å². The number of carbonyl (C=O) groups is 1. The maximum Gasteiger partial charge on any atom is 0.310 e. The van der Waals surface area contributed by atoms with Crippen LogP contribution in [0.5, 0.6) is 0 Å². The Bertz CT molecular complexity index is 1450. The van der Waals surface area contributed by atoms with E-state index in [1.54, 1.807) is 0 Å². The van der Waals surface area contributed by atoms with Crippen LogP contribution in [0.1, 0.15) is 106 Å². The van der Waals surface area contributed by atoms with Crippen LogP contribution in [0.15, 0.2) is 11.6 Å². The molecule has 0 bridgehead atoms. The molecule has 8 N–H and O–H groups in total. The number of carboxylic acid groups (broad SMARTS) is 1. The molecule has 54 heavy (non-hydrogen) atoms. The number of aliphatic hydroxyl groups is 7. The van der Waals surface area contributed by atoms with Gasteiger partial charge in [-0.15, -0.1) is 0 Å². The zero-order valence-corrected chi connectivity index (χ0v) is 32.9. The van der Waals surface area contributed by atoms with E-state index in [9.17, 15) is 45.6 Å². The fraction of sp³-hybridized carbons (Fsp3) is 0.927. The van der Waals surface area contributed by atoms with Crippen LogP contribution in [0.25, 0.3) is 0 Å². The maximum absolute atomic E-state index is 13.1. The lowest BCUT2D eigenvalue weighted by molar-refractivity contribution is -0.367. The van der Waals surface area contributed by atoms with Crippen LogP contribution >= 0.6 is 0 Å². The molecule has 6 fully saturated rings. The minimum absolute atomic E-state index is 0.0513. The molecule has 2 saturated heterocycles. The smallest absolute Gasteiger partial charge is 0.310 e. The van der Waals surface area contributed by atoms with Crippen molar-refractivity contribution in [2.24, 2.45) is 50.2 Å². The second-order valence-electron chi connectivity index (χ2n) is 20.0. The molecule has 0 spiro atoms. The quantitative estimate of drug-likeness (QED) is 0.138. The summed E-state index contributed by atoms with van der Waals surface area (Å²) in [7, 11) is 0. The second kappa shape index (κ2) is 14.0. The highest BCUT2D eigenvalue weighted by Crippen LogP contribution is 2.76. The van der Waals surface area contributed by atoms with Crippen molar-refractivity contribution in [2.45, 2.75) is 167 Å². The molecule has 0 aromatic heterocycles. The van der Waals surface area contributed by atoms with Crippen LogP contribution in [0.3, 0.4) is 0 Å². The summed E-state index contributed by atoms with van der Waals surface area (Å²) in [5.41, 5.74) is -0.382. The SMILES string of the molecule is CC1(C)[C@@H](O[C@@H]2OC[C@H](O)[C@H](O)[C@H]2O[C@@H]2O[C@H](CO)[C@@H](O)[C@H](O)[C@H]2O)CC[C@]2(C)[C@H]3CC=C4[C@@H]5C[C@](C)(CO)CC[C@]5(C(=O)O)CC[C@@]4(C)[C@]3(C)CC[C@@H]12. The van der Waals surface area contributed by atoms with Crippen molar-refractivity contribution < 1.29 is 64.6 Å². The predicted molar refractivity (Wildman–Crippen MR) is 193 cm³/mol. The third-order valence-electron chi connectivity index (χ3n) is 17.1. The first-order valence-corrected chi connectivity index (χ1v) is 20.4. The van der Waals surface area contributed by atoms with Gasteiger partial charge in [0.15, 0.2) is 12.6 Å². The summed E-state index contributed by atoms with van der Waals surface area (Å²) in [5.74, 6) is -0.166. The summed E-state index contributed by atoms with van der Waals surface area (Å²) < 4.78 is 24.2. The Morgan fingerprint density at radius 2 is 1.52 bits per heavy atom. The molecule has 13 nitrogen and oxygen atoms in total. The number of aliphatic hydroxyl groups excluding tert-OH is 7. The van der Waals surface area contributed by atoms with Crippen molar-refractivity contribution in [2.75, 3.05) is 19.8 Å². The van der Waals surface area contributed by atoms with Crippen LogP contribution in [-0.2, 0) is 23.7 Å². The predicted octanol–water partition coefficient (Wildman–Crippen LogP) is 2.49. The maximum atomic E-state index is 13.1. The van der Waals surface area contributed by atoms with Crippen LogP contribution in [0.4, 0.5) is 0 Å². The molecule has 0 amide bonds. The zero-order chi connectivity index (χ0) is 39.4. The Balaban J connectivity index is 1.13. The normalized spacial score (nSPS) is 54.3. The lowest BCUT2D eigenvalue weighted by Gasteiger charge is -2.71. The molecule has 7 rings (SSSR count). The van der Waals surface area contributed by atoms with E-state index < -0.39 is 73.3 Å². The van der Waals surface area contributed by atoms with Crippen LogP contribution in [0, 0.1) is 50.2 Å². The Kier molecular flexibility index (Phi) is 10.6. The van der Waals surface area contributed by atoms with Gasteiger partial charge >= 0.3 is 5.97 Å².